The van der Waals surface area contributed by atoms with Crippen molar-refractivity contribution in [2.24, 2.45) is 5.92 Å². The summed E-state index contributed by atoms with van der Waals surface area (Å²) in [5.74, 6) is -0.205. The van der Waals surface area contributed by atoms with E-state index >= 15 is 0 Å². The average Bonchev–Trinajstić information content (AvgIpc) is 3.01. The van der Waals surface area contributed by atoms with Crippen LogP contribution in [0.15, 0.2) is 98.4 Å². The Kier molecular flexibility index (Phi) is 25.2. The van der Waals surface area contributed by atoms with E-state index in [9.17, 15) is 14.4 Å². The monoisotopic (exact) mass is 659 g/mol. The molecule has 1 N–H and O–H groups in total. The predicted octanol–water partition coefficient (Wildman–Crippen LogP) is 8.78. The second kappa shape index (κ2) is 25.0. The van der Waals surface area contributed by atoms with Gasteiger partial charge in [-0.15, -0.1) is 13.2 Å². The molecule has 0 aromatic heterocycles. The molecule has 1 amide bonds. The lowest BCUT2D eigenvalue weighted by molar-refractivity contribution is -0.155. The fourth-order valence-corrected chi connectivity index (χ4v) is 3.86. The molecule has 0 aromatic carbocycles. The second-order valence-electron chi connectivity index (χ2n) is 12.6. The van der Waals surface area contributed by atoms with Crippen molar-refractivity contribution in [1.82, 2.24) is 4.90 Å². The van der Waals surface area contributed by atoms with Gasteiger partial charge in [0.2, 0.25) is 0 Å². The minimum Gasteiger partial charge on any atom is -0.508 e. The molecule has 0 radical (unpaired) electrons. The molecule has 1 aliphatic heterocycles. The molecule has 1 saturated heterocycles. The van der Waals surface area contributed by atoms with Crippen LogP contribution in [0.2, 0.25) is 0 Å². The highest BCUT2D eigenvalue weighted by atomic mass is 16.6. The number of hydrogen-bond donors (Lipinski definition) is 1. The van der Waals surface area contributed by atoms with Crippen LogP contribution < -0.4 is 0 Å². The summed E-state index contributed by atoms with van der Waals surface area (Å²) in [6, 6.07) is -0.860. The second-order valence-corrected chi connectivity index (χ2v) is 12.6. The molecule has 0 spiro atoms. The smallest absolute Gasteiger partial charge is 0.410 e. The highest BCUT2D eigenvalue weighted by molar-refractivity contribution is 5.81. The van der Waals surface area contributed by atoms with Crippen LogP contribution in [-0.2, 0) is 28.5 Å². The average molecular weight is 660 g/mol. The molecular formula is C38H61NO8. The molecular weight excluding hydrogens is 598 g/mol. The van der Waals surface area contributed by atoms with Crippen LogP contribution in [0.1, 0.15) is 75.2 Å². The molecule has 266 valence electrons. The van der Waals surface area contributed by atoms with E-state index in [4.69, 9.17) is 19.3 Å². The van der Waals surface area contributed by atoms with Crippen LogP contribution in [0.25, 0.3) is 0 Å². The number of amides is 1. The first-order chi connectivity index (χ1) is 21.8. The summed E-state index contributed by atoms with van der Waals surface area (Å²) in [5, 5.41) is 8.53. The van der Waals surface area contributed by atoms with E-state index in [1.54, 1.807) is 26.8 Å². The molecule has 1 aliphatic rings. The van der Waals surface area contributed by atoms with Crippen LogP contribution in [0.4, 0.5) is 4.79 Å². The van der Waals surface area contributed by atoms with Crippen molar-refractivity contribution < 1.29 is 38.4 Å². The Bertz CT molecular complexity index is 1100. The van der Waals surface area contributed by atoms with Gasteiger partial charge in [0.1, 0.15) is 17.0 Å². The molecule has 0 aliphatic carbocycles. The van der Waals surface area contributed by atoms with Gasteiger partial charge in [0.05, 0.1) is 12.7 Å². The minimum absolute atomic E-state index is 0.0509. The van der Waals surface area contributed by atoms with Gasteiger partial charge in [-0.1, -0.05) is 56.2 Å². The standard InChI is InChI=1S/C25H39NO5.C6H8O.C5H10O2.C2H4/c1-10-12-20(21(11-2)17(3)4)14-19-13-18(5)30-23(27)22(16-29-15-19)26(9)24(28)31-25(6,7)8;1-3-5-6(7)4-2;1-5(2,3)7-4-6;1-2/h10-12,18-19,22H,1-2,13-16H2,3-9H3;3-5,7H,1-2H2;4H,1-3H3;1-2H2/b20-12-;6-5+;;/t18?,19?,22-;;;/m0.../s1. The Hall–Kier alpha value is -4.11. The molecule has 47 heavy (non-hydrogen) atoms. The third kappa shape index (κ3) is 23.8. The summed E-state index contributed by atoms with van der Waals surface area (Å²) in [5.41, 5.74) is 2.41. The van der Waals surface area contributed by atoms with Crippen LogP contribution in [0.5, 0.6) is 0 Å². The van der Waals surface area contributed by atoms with Crippen molar-refractivity contribution in [3.63, 3.8) is 0 Å². The highest BCUT2D eigenvalue weighted by Gasteiger charge is 2.34. The molecule has 9 heteroatoms. The van der Waals surface area contributed by atoms with Gasteiger partial charge in [0, 0.05) is 13.7 Å². The quantitative estimate of drug-likeness (QED) is 0.0653. The maximum absolute atomic E-state index is 12.7. The summed E-state index contributed by atoms with van der Waals surface area (Å²) < 4.78 is 21.5. The number of esters is 1. The van der Waals surface area contributed by atoms with Gasteiger partial charge in [-0.3, -0.25) is 9.69 Å². The number of aliphatic hydroxyl groups is 1. The number of allylic oxidation sites excluding steroid dienone is 9. The zero-order valence-electron chi connectivity index (χ0n) is 30.6. The van der Waals surface area contributed by atoms with Crippen molar-refractivity contribution in [3.8, 4) is 0 Å². The molecule has 1 fully saturated rings. The lowest BCUT2D eigenvalue weighted by Crippen LogP contribution is -2.48. The maximum Gasteiger partial charge on any atom is 0.410 e. The molecule has 0 aromatic rings. The number of cyclic esters (lactones) is 1. The van der Waals surface area contributed by atoms with Gasteiger partial charge >= 0.3 is 12.1 Å². The number of hydrogen-bond acceptors (Lipinski definition) is 8. The van der Waals surface area contributed by atoms with E-state index < -0.39 is 23.7 Å². The van der Waals surface area contributed by atoms with Gasteiger partial charge in [-0.2, -0.15) is 0 Å². The van der Waals surface area contributed by atoms with E-state index in [0.29, 0.717) is 19.5 Å². The SMILES string of the molecule is C=C.C=C/C=C(/CC1COC[C@H](N(C)C(=O)OC(C)(C)C)C(=O)OC(C)C1)C(C=C)=C(C)C.C=C/C=C(/O)C=C.CC(C)(C)OC=O. The Morgan fingerprint density at radius 1 is 0.979 bits per heavy atom. The van der Waals surface area contributed by atoms with Gasteiger partial charge in [-0.25, -0.2) is 9.59 Å². The zero-order chi connectivity index (χ0) is 37.4. The maximum atomic E-state index is 12.7. The first-order valence-corrected chi connectivity index (χ1v) is 15.4. The fourth-order valence-electron chi connectivity index (χ4n) is 3.86. The Balaban J connectivity index is -0.000000994. The van der Waals surface area contributed by atoms with E-state index in [2.05, 4.69) is 58.1 Å². The number of aliphatic hydroxyl groups excluding tert-OH is 1. The van der Waals surface area contributed by atoms with Crippen molar-refractivity contribution in [3.05, 3.63) is 98.4 Å². The molecule has 3 atom stereocenters. The van der Waals surface area contributed by atoms with Gasteiger partial charge in [0.25, 0.3) is 6.47 Å². The third-order valence-corrected chi connectivity index (χ3v) is 5.85. The van der Waals surface area contributed by atoms with Crippen molar-refractivity contribution in [1.29, 1.82) is 0 Å². The normalized spacial score (nSPS) is 18.3. The van der Waals surface area contributed by atoms with Crippen LogP contribution in [0, 0.1) is 5.92 Å². The number of carbonyl (C=O) groups is 3. The first-order valence-electron chi connectivity index (χ1n) is 15.4. The number of nitrogens with zero attached hydrogens (tertiary/aromatic N) is 1. The summed E-state index contributed by atoms with van der Waals surface area (Å²) in [4.78, 5) is 36.0. The Morgan fingerprint density at radius 2 is 1.53 bits per heavy atom. The van der Waals surface area contributed by atoms with Gasteiger partial charge in [0.15, 0.2) is 6.04 Å². The number of carbonyl (C=O) groups excluding carboxylic acids is 3. The van der Waals surface area contributed by atoms with Crippen molar-refractivity contribution >= 4 is 18.5 Å². The van der Waals surface area contributed by atoms with Gasteiger partial charge in [-0.05, 0) is 104 Å². The van der Waals surface area contributed by atoms with E-state index in [-0.39, 0.29) is 30.0 Å². The van der Waals surface area contributed by atoms with Crippen LogP contribution in [-0.4, -0.2) is 72.2 Å². The fraction of sp³-hybridized carbons (Fsp3) is 0.500. The highest BCUT2D eigenvalue weighted by Crippen LogP contribution is 2.28. The molecule has 1 heterocycles. The van der Waals surface area contributed by atoms with E-state index in [1.165, 1.54) is 35.7 Å². The Morgan fingerprint density at radius 3 is 1.89 bits per heavy atom. The summed E-state index contributed by atoms with van der Waals surface area (Å²) in [6.07, 6.45) is 10.4. The van der Waals surface area contributed by atoms with Crippen molar-refractivity contribution in [2.75, 3.05) is 20.3 Å². The van der Waals surface area contributed by atoms with Crippen LogP contribution in [0.3, 0.4) is 0 Å². The third-order valence-electron chi connectivity index (χ3n) is 5.85. The topological polar surface area (TPSA) is 112 Å². The number of ether oxygens (including phenoxy) is 4. The van der Waals surface area contributed by atoms with E-state index in [1.807, 2.05) is 39.8 Å². The summed E-state index contributed by atoms with van der Waals surface area (Å²) in [7, 11) is 1.53. The minimum atomic E-state index is -0.860. The molecule has 0 saturated carbocycles. The zero-order valence-corrected chi connectivity index (χ0v) is 30.6. The van der Waals surface area contributed by atoms with E-state index in [0.717, 1.165) is 17.6 Å². The lowest BCUT2D eigenvalue weighted by atomic mass is 9.89. The predicted molar refractivity (Wildman–Crippen MR) is 193 cm³/mol. The number of likely N-dealkylation sites (N-methyl/N-ethyl adjacent to an activating group) is 1. The molecule has 0 bridgehead atoms. The van der Waals surface area contributed by atoms with Crippen LogP contribution >= 0.6 is 0 Å². The van der Waals surface area contributed by atoms with Crippen molar-refractivity contribution in [2.45, 2.75) is 98.5 Å². The lowest BCUT2D eigenvalue weighted by Gasteiger charge is -2.29. The first kappa shape index (κ1) is 47.3. The summed E-state index contributed by atoms with van der Waals surface area (Å²) >= 11 is 0. The molecule has 2 unspecified atom stereocenters. The Labute approximate surface area is 284 Å². The number of rotatable bonds is 9. The summed E-state index contributed by atoms with van der Waals surface area (Å²) in [6.45, 7) is 38.2. The van der Waals surface area contributed by atoms with Gasteiger partial charge < -0.3 is 24.1 Å². The molecule has 9 nitrogen and oxygen atoms in total. The largest absolute Gasteiger partial charge is 0.508 e. The molecule has 1 rings (SSSR count).